The second-order valence-electron chi connectivity index (χ2n) is 8.18. The average molecular weight is 498 g/mol. The van der Waals surface area contributed by atoms with E-state index in [1.807, 2.05) is 0 Å². The van der Waals surface area contributed by atoms with Crippen LogP contribution in [0.25, 0.3) is 0 Å². The lowest BCUT2D eigenvalue weighted by Crippen LogP contribution is -2.58. The van der Waals surface area contributed by atoms with Crippen molar-refractivity contribution in [3.8, 4) is 0 Å². The first-order valence-corrected chi connectivity index (χ1v) is 10.7. The highest BCUT2D eigenvalue weighted by Gasteiger charge is 2.32. The zero-order valence-corrected chi connectivity index (χ0v) is 19.3. The molecule has 15 nitrogen and oxygen atoms in total. The van der Waals surface area contributed by atoms with E-state index in [4.69, 9.17) is 11.5 Å². The first kappa shape index (κ1) is 29.0. The van der Waals surface area contributed by atoms with Crippen molar-refractivity contribution in [1.29, 1.82) is 0 Å². The van der Waals surface area contributed by atoms with E-state index >= 15 is 0 Å². The molecule has 0 radical (unpaired) electrons. The molecule has 1 rings (SSSR count). The molecule has 0 aliphatic carbocycles. The Morgan fingerprint density at radius 3 is 2.09 bits per heavy atom. The van der Waals surface area contributed by atoms with Gasteiger partial charge >= 0.3 is 11.9 Å². The van der Waals surface area contributed by atoms with Crippen LogP contribution in [0, 0.1) is 5.92 Å². The normalized spacial score (nSPS) is 14.3. The van der Waals surface area contributed by atoms with Crippen LogP contribution in [0.5, 0.6) is 0 Å². The number of H-pyrrole nitrogens is 1. The van der Waals surface area contributed by atoms with E-state index in [1.54, 1.807) is 13.8 Å². The number of primary amides is 1. The van der Waals surface area contributed by atoms with Crippen LogP contribution in [0.1, 0.15) is 38.8 Å². The molecule has 194 valence electrons. The number of imidazole rings is 1. The van der Waals surface area contributed by atoms with Crippen molar-refractivity contribution in [3.05, 3.63) is 18.2 Å². The number of hydrogen-bond donors (Lipinski definition) is 8. The number of carbonyl (C=O) groups excluding carboxylic acids is 4. The van der Waals surface area contributed by atoms with Crippen LogP contribution in [0.15, 0.2) is 12.5 Å². The molecule has 4 unspecified atom stereocenters. The van der Waals surface area contributed by atoms with Gasteiger partial charge in [-0.25, -0.2) is 9.78 Å². The minimum Gasteiger partial charge on any atom is -0.481 e. The maximum atomic E-state index is 13.0. The van der Waals surface area contributed by atoms with Crippen molar-refractivity contribution in [3.63, 3.8) is 0 Å². The summed E-state index contributed by atoms with van der Waals surface area (Å²) in [5.41, 5.74) is 11.2. The molecule has 0 fully saturated rings. The Hall–Kier alpha value is -4.01. The van der Waals surface area contributed by atoms with Crippen LogP contribution in [-0.4, -0.2) is 79.9 Å². The number of carbonyl (C=O) groups is 6. The van der Waals surface area contributed by atoms with E-state index in [-0.39, 0.29) is 19.3 Å². The molecule has 4 amide bonds. The number of aromatic amines is 1. The summed E-state index contributed by atoms with van der Waals surface area (Å²) < 4.78 is 0. The zero-order chi connectivity index (χ0) is 26.7. The molecule has 0 aromatic carbocycles. The fourth-order valence-electron chi connectivity index (χ4n) is 2.96. The molecule has 0 aliphatic heterocycles. The number of nitrogens with zero attached hydrogens (tertiary/aromatic N) is 1. The van der Waals surface area contributed by atoms with E-state index in [9.17, 15) is 39.0 Å². The van der Waals surface area contributed by atoms with Gasteiger partial charge in [-0.2, -0.15) is 0 Å². The molecule has 0 bridgehead atoms. The van der Waals surface area contributed by atoms with Crippen LogP contribution in [0.3, 0.4) is 0 Å². The molecule has 0 saturated carbocycles. The van der Waals surface area contributed by atoms with Gasteiger partial charge in [-0.3, -0.25) is 24.0 Å². The molecule has 1 heterocycles. The van der Waals surface area contributed by atoms with Gasteiger partial charge in [-0.1, -0.05) is 13.8 Å². The van der Waals surface area contributed by atoms with Crippen molar-refractivity contribution < 1.29 is 39.0 Å². The standard InChI is InChI=1S/C20H31N7O8/c1-9(2)16(20(34)35)27-19(33)13(6-15(29)30)26-18(32)12(5-10-7-23-8-24-10)25-17(31)11(21)3-4-14(22)28/h7-9,11-13,16H,3-6,21H2,1-2H3,(H2,22,28)(H,23,24)(H,25,31)(H,26,32)(H,27,33)(H,29,30)(H,34,35). The van der Waals surface area contributed by atoms with Gasteiger partial charge in [0.2, 0.25) is 23.6 Å². The summed E-state index contributed by atoms with van der Waals surface area (Å²) in [6.07, 6.45) is 1.53. The van der Waals surface area contributed by atoms with Crippen molar-refractivity contribution in [2.24, 2.45) is 17.4 Å². The first-order chi connectivity index (χ1) is 16.3. The van der Waals surface area contributed by atoms with Gasteiger partial charge in [0.25, 0.3) is 0 Å². The number of aliphatic carboxylic acids is 2. The molecule has 1 aromatic heterocycles. The van der Waals surface area contributed by atoms with Crippen LogP contribution < -0.4 is 27.4 Å². The van der Waals surface area contributed by atoms with Crippen molar-refractivity contribution >= 4 is 35.6 Å². The lowest BCUT2D eigenvalue weighted by atomic mass is 10.0. The Bertz CT molecular complexity index is 919. The molecule has 0 aliphatic rings. The number of carboxylic acids is 2. The van der Waals surface area contributed by atoms with Crippen LogP contribution >= 0.6 is 0 Å². The number of amides is 4. The molecular weight excluding hydrogens is 466 g/mol. The van der Waals surface area contributed by atoms with Gasteiger partial charge in [-0.05, 0) is 12.3 Å². The van der Waals surface area contributed by atoms with E-state index in [2.05, 4.69) is 25.9 Å². The molecule has 0 spiro atoms. The highest BCUT2D eigenvalue weighted by Crippen LogP contribution is 2.06. The highest BCUT2D eigenvalue weighted by atomic mass is 16.4. The number of nitrogens with two attached hydrogens (primary N) is 2. The summed E-state index contributed by atoms with van der Waals surface area (Å²) in [6, 6.07) is -5.43. The third kappa shape index (κ3) is 10.2. The minimum atomic E-state index is -1.63. The summed E-state index contributed by atoms with van der Waals surface area (Å²) in [6.45, 7) is 3.09. The van der Waals surface area contributed by atoms with Crippen molar-refractivity contribution in [2.45, 2.75) is 63.7 Å². The SMILES string of the molecule is CC(C)C(NC(=O)C(CC(=O)O)NC(=O)C(Cc1cnc[nH]1)NC(=O)C(N)CCC(N)=O)C(=O)O. The molecule has 35 heavy (non-hydrogen) atoms. The summed E-state index contributed by atoms with van der Waals surface area (Å²) >= 11 is 0. The van der Waals surface area contributed by atoms with E-state index in [0.29, 0.717) is 5.69 Å². The first-order valence-electron chi connectivity index (χ1n) is 10.7. The maximum absolute atomic E-state index is 13.0. The fraction of sp³-hybridized carbons (Fsp3) is 0.550. The highest BCUT2D eigenvalue weighted by molar-refractivity contribution is 5.95. The van der Waals surface area contributed by atoms with Gasteiger partial charge in [-0.15, -0.1) is 0 Å². The second kappa shape index (κ2) is 13.6. The third-order valence-electron chi connectivity index (χ3n) is 4.89. The quantitative estimate of drug-likeness (QED) is 0.123. The van der Waals surface area contributed by atoms with E-state index < -0.39 is 72.1 Å². The largest absolute Gasteiger partial charge is 0.481 e. The number of hydrogen-bond acceptors (Lipinski definition) is 8. The Morgan fingerprint density at radius 1 is 1.00 bits per heavy atom. The summed E-state index contributed by atoms with van der Waals surface area (Å²) in [7, 11) is 0. The zero-order valence-electron chi connectivity index (χ0n) is 19.3. The monoisotopic (exact) mass is 497 g/mol. The topological polar surface area (TPSA) is 260 Å². The molecule has 1 aromatic rings. The van der Waals surface area contributed by atoms with Gasteiger partial charge in [0.1, 0.15) is 18.1 Å². The fourth-order valence-corrected chi connectivity index (χ4v) is 2.96. The van der Waals surface area contributed by atoms with Gasteiger partial charge in [0, 0.05) is 24.7 Å². The smallest absolute Gasteiger partial charge is 0.326 e. The summed E-state index contributed by atoms with van der Waals surface area (Å²) in [4.78, 5) is 78.3. The Labute approximate surface area is 200 Å². The van der Waals surface area contributed by atoms with E-state index in [0.717, 1.165) is 0 Å². The number of aromatic nitrogens is 2. The van der Waals surface area contributed by atoms with Gasteiger partial charge in [0.05, 0.1) is 18.8 Å². The molecular formula is C20H31N7O8. The van der Waals surface area contributed by atoms with Crippen LogP contribution in [0.4, 0.5) is 0 Å². The third-order valence-corrected chi connectivity index (χ3v) is 4.89. The molecule has 0 saturated heterocycles. The van der Waals surface area contributed by atoms with Crippen LogP contribution in [-0.2, 0) is 35.2 Å². The number of rotatable bonds is 15. The Balaban J connectivity index is 3.05. The van der Waals surface area contributed by atoms with Gasteiger partial charge < -0.3 is 42.6 Å². The lowest BCUT2D eigenvalue weighted by Gasteiger charge is -2.25. The van der Waals surface area contributed by atoms with Crippen molar-refractivity contribution in [2.75, 3.05) is 0 Å². The van der Waals surface area contributed by atoms with Crippen LogP contribution in [0.2, 0.25) is 0 Å². The molecule has 15 heteroatoms. The lowest BCUT2D eigenvalue weighted by molar-refractivity contribution is -0.144. The molecule has 10 N–H and O–H groups in total. The Kier molecular flexibility index (Phi) is 11.3. The second-order valence-corrected chi connectivity index (χ2v) is 8.18. The Morgan fingerprint density at radius 2 is 1.60 bits per heavy atom. The van der Waals surface area contributed by atoms with Gasteiger partial charge in [0.15, 0.2) is 0 Å². The molecule has 4 atom stereocenters. The van der Waals surface area contributed by atoms with E-state index in [1.165, 1.54) is 12.5 Å². The number of carboxylic acid groups (broad SMARTS) is 2. The summed E-state index contributed by atoms with van der Waals surface area (Å²) in [5.74, 6) is -6.67. The minimum absolute atomic E-state index is 0.0740. The average Bonchev–Trinajstić information content (AvgIpc) is 3.26. The van der Waals surface area contributed by atoms with Crippen molar-refractivity contribution in [1.82, 2.24) is 25.9 Å². The number of nitrogens with one attached hydrogen (secondary N) is 4. The predicted molar refractivity (Wildman–Crippen MR) is 119 cm³/mol. The maximum Gasteiger partial charge on any atom is 0.326 e. The predicted octanol–water partition coefficient (Wildman–Crippen LogP) is -2.79. The summed E-state index contributed by atoms with van der Waals surface area (Å²) in [5, 5.41) is 25.3.